The van der Waals surface area contributed by atoms with E-state index in [1.165, 1.54) is 6.92 Å². The molecule has 0 radical (unpaired) electrons. The molecule has 0 bridgehead atoms. The maximum Gasteiger partial charge on any atom is 0.155 e. The molecule has 1 rings (SSSR count). The van der Waals surface area contributed by atoms with Crippen LogP contribution in [-0.2, 0) is 0 Å². The monoisotopic (exact) mass is 171 g/mol. The van der Waals surface area contributed by atoms with Crippen molar-refractivity contribution in [3.63, 3.8) is 0 Å². The van der Waals surface area contributed by atoms with Gasteiger partial charge in [-0.2, -0.15) is 0 Å². The summed E-state index contributed by atoms with van der Waals surface area (Å²) >= 11 is 0. The van der Waals surface area contributed by atoms with Crippen LogP contribution in [0.4, 0.5) is 14.5 Å². The largest absolute Gasteiger partial charge is 0.398 e. The van der Waals surface area contributed by atoms with E-state index in [1.807, 2.05) is 0 Å². The SMILES string of the molecule is Cc1c(F)cc(N)c(C=O)c1F. The zero-order valence-electron chi connectivity index (χ0n) is 6.40. The van der Waals surface area contributed by atoms with Crippen LogP contribution < -0.4 is 5.73 Å². The summed E-state index contributed by atoms with van der Waals surface area (Å²) in [6.45, 7) is 1.25. The lowest BCUT2D eigenvalue weighted by Crippen LogP contribution is -2.01. The molecule has 0 spiro atoms. The van der Waals surface area contributed by atoms with Crippen molar-refractivity contribution in [1.29, 1.82) is 0 Å². The van der Waals surface area contributed by atoms with E-state index in [0.717, 1.165) is 6.07 Å². The van der Waals surface area contributed by atoms with Gasteiger partial charge in [-0.1, -0.05) is 0 Å². The highest BCUT2D eigenvalue weighted by molar-refractivity contribution is 5.84. The Balaban J connectivity index is 3.51. The minimum atomic E-state index is -0.887. The number of benzene rings is 1. The molecule has 0 unspecified atom stereocenters. The fourth-order valence-electron chi connectivity index (χ4n) is 0.876. The first-order valence-corrected chi connectivity index (χ1v) is 3.27. The molecule has 12 heavy (non-hydrogen) atoms. The van der Waals surface area contributed by atoms with Gasteiger partial charge in [0.1, 0.15) is 11.6 Å². The van der Waals surface area contributed by atoms with E-state index in [0.29, 0.717) is 0 Å². The second-order valence-electron chi connectivity index (χ2n) is 2.42. The van der Waals surface area contributed by atoms with Gasteiger partial charge in [-0.05, 0) is 13.0 Å². The molecule has 2 N–H and O–H groups in total. The van der Waals surface area contributed by atoms with Crippen LogP contribution in [-0.4, -0.2) is 6.29 Å². The second-order valence-corrected chi connectivity index (χ2v) is 2.42. The van der Waals surface area contributed by atoms with E-state index in [2.05, 4.69) is 0 Å². The minimum Gasteiger partial charge on any atom is -0.398 e. The third kappa shape index (κ3) is 1.15. The molecule has 1 aromatic rings. The summed E-state index contributed by atoms with van der Waals surface area (Å²) < 4.78 is 25.7. The Bertz CT molecular complexity index is 336. The normalized spacial score (nSPS) is 9.92. The van der Waals surface area contributed by atoms with Gasteiger partial charge in [0.25, 0.3) is 0 Å². The van der Waals surface area contributed by atoms with Crippen LogP contribution >= 0.6 is 0 Å². The lowest BCUT2D eigenvalue weighted by Gasteiger charge is -2.03. The van der Waals surface area contributed by atoms with Crippen LogP contribution in [0.5, 0.6) is 0 Å². The third-order valence-corrected chi connectivity index (χ3v) is 1.64. The summed E-state index contributed by atoms with van der Waals surface area (Å²) in [5.41, 5.74) is 4.54. The number of hydrogen-bond donors (Lipinski definition) is 1. The van der Waals surface area contributed by atoms with Crippen molar-refractivity contribution in [2.45, 2.75) is 6.92 Å². The first-order chi connectivity index (χ1) is 5.57. The van der Waals surface area contributed by atoms with E-state index in [9.17, 15) is 13.6 Å². The average molecular weight is 171 g/mol. The van der Waals surface area contributed by atoms with Crippen LogP contribution in [0.15, 0.2) is 6.07 Å². The number of rotatable bonds is 1. The Morgan fingerprint density at radius 3 is 2.58 bits per heavy atom. The van der Waals surface area contributed by atoms with Gasteiger partial charge in [0.2, 0.25) is 0 Å². The van der Waals surface area contributed by atoms with Crippen molar-refractivity contribution in [3.8, 4) is 0 Å². The Morgan fingerprint density at radius 1 is 1.50 bits per heavy atom. The van der Waals surface area contributed by atoms with E-state index in [4.69, 9.17) is 5.73 Å². The Kier molecular flexibility index (Phi) is 2.08. The maximum absolute atomic E-state index is 13.0. The summed E-state index contributed by atoms with van der Waals surface area (Å²) in [5, 5.41) is 0. The molecule has 0 heterocycles. The molecule has 0 aromatic heterocycles. The molecule has 0 amide bonds. The third-order valence-electron chi connectivity index (χ3n) is 1.64. The van der Waals surface area contributed by atoms with Gasteiger partial charge < -0.3 is 5.73 Å². The molecular formula is C8H7F2NO. The molecule has 0 aliphatic rings. The summed E-state index contributed by atoms with van der Waals surface area (Å²) in [6, 6.07) is 0.933. The Morgan fingerprint density at radius 2 is 2.08 bits per heavy atom. The minimum absolute atomic E-state index is 0.175. The molecular weight excluding hydrogens is 164 g/mol. The number of aldehydes is 1. The molecule has 1 aromatic carbocycles. The van der Waals surface area contributed by atoms with E-state index >= 15 is 0 Å². The number of hydrogen-bond acceptors (Lipinski definition) is 2. The quantitative estimate of drug-likeness (QED) is 0.515. The van der Waals surface area contributed by atoms with E-state index in [-0.39, 0.29) is 23.1 Å². The average Bonchev–Trinajstić information content (AvgIpc) is 2.01. The summed E-state index contributed by atoms with van der Waals surface area (Å²) in [4.78, 5) is 10.3. The van der Waals surface area contributed by atoms with Crippen molar-refractivity contribution < 1.29 is 13.6 Å². The van der Waals surface area contributed by atoms with Crippen molar-refractivity contribution in [1.82, 2.24) is 0 Å². The number of anilines is 1. The number of nitrogens with two attached hydrogens (primary N) is 1. The molecule has 0 aliphatic carbocycles. The summed E-state index contributed by atoms with van der Waals surface area (Å²) in [6.07, 6.45) is 0.275. The van der Waals surface area contributed by atoms with Crippen LogP contribution in [0.25, 0.3) is 0 Å². The predicted octanol–water partition coefficient (Wildman–Crippen LogP) is 1.67. The number of carbonyl (C=O) groups excluding carboxylic acids is 1. The Labute approximate surface area is 68.0 Å². The molecule has 0 saturated carbocycles. The van der Waals surface area contributed by atoms with Gasteiger partial charge in [0.15, 0.2) is 6.29 Å². The second kappa shape index (κ2) is 2.89. The standard InChI is InChI=1S/C8H7F2NO/c1-4-6(9)2-7(11)5(3-12)8(4)10/h2-3H,11H2,1H3. The van der Waals surface area contributed by atoms with Gasteiger partial charge in [0, 0.05) is 11.3 Å². The molecule has 2 nitrogen and oxygen atoms in total. The van der Waals surface area contributed by atoms with Crippen LogP contribution in [0, 0.1) is 18.6 Å². The zero-order chi connectivity index (χ0) is 9.30. The highest BCUT2D eigenvalue weighted by Gasteiger charge is 2.12. The van der Waals surface area contributed by atoms with Gasteiger partial charge in [-0.3, -0.25) is 4.79 Å². The number of carbonyl (C=O) groups is 1. The van der Waals surface area contributed by atoms with Gasteiger partial charge >= 0.3 is 0 Å². The summed E-state index contributed by atoms with van der Waals surface area (Å²) in [5.74, 6) is -1.63. The Hall–Kier alpha value is -1.45. The highest BCUT2D eigenvalue weighted by Crippen LogP contribution is 2.20. The number of halogens is 2. The summed E-state index contributed by atoms with van der Waals surface area (Å²) in [7, 11) is 0. The van der Waals surface area contributed by atoms with Crippen molar-refractivity contribution in [2.75, 3.05) is 5.73 Å². The van der Waals surface area contributed by atoms with Crippen molar-refractivity contribution in [2.24, 2.45) is 0 Å². The van der Waals surface area contributed by atoms with Gasteiger partial charge in [-0.25, -0.2) is 8.78 Å². The first-order valence-electron chi connectivity index (χ1n) is 3.27. The molecule has 64 valence electrons. The fraction of sp³-hybridized carbons (Fsp3) is 0.125. The first kappa shape index (κ1) is 8.64. The molecule has 0 fully saturated rings. The van der Waals surface area contributed by atoms with Gasteiger partial charge in [-0.15, -0.1) is 0 Å². The van der Waals surface area contributed by atoms with Crippen LogP contribution in [0.2, 0.25) is 0 Å². The molecule has 0 atom stereocenters. The van der Waals surface area contributed by atoms with E-state index in [1.54, 1.807) is 0 Å². The van der Waals surface area contributed by atoms with Crippen LogP contribution in [0.1, 0.15) is 15.9 Å². The fourth-order valence-corrected chi connectivity index (χ4v) is 0.876. The lowest BCUT2D eigenvalue weighted by molar-refractivity contribution is 0.112. The van der Waals surface area contributed by atoms with Crippen LogP contribution in [0.3, 0.4) is 0 Å². The topological polar surface area (TPSA) is 43.1 Å². The van der Waals surface area contributed by atoms with Crippen molar-refractivity contribution in [3.05, 3.63) is 28.8 Å². The lowest BCUT2D eigenvalue weighted by atomic mass is 10.1. The molecule has 0 aliphatic heterocycles. The molecule has 0 saturated heterocycles. The van der Waals surface area contributed by atoms with E-state index < -0.39 is 11.6 Å². The highest BCUT2D eigenvalue weighted by atomic mass is 19.1. The zero-order valence-corrected chi connectivity index (χ0v) is 6.40. The predicted molar refractivity (Wildman–Crippen MR) is 40.9 cm³/mol. The maximum atomic E-state index is 13.0. The van der Waals surface area contributed by atoms with Gasteiger partial charge in [0.05, 0.1) is 5.56 Å². The number of nitrogen functional groups attached to an aromatic ring is 1. The smallest absolute Gasteiger partial charge is 0.155 e. The molecule has 4 heteroatoms. The van der Waals surface area contributed by atoms with Crippen molar-refractivity contribution >= 4 is 12.0 Å².